The lowest BCUT2D eigenvalue weighted by Gasteiger charge is -2.27. The monoisotopic (exact) mass is 488 g/mol. The molecule has 2 aliphatic rings. The van der Waals surface area contributed by atoms with E-state index in [1.54, 1.807) is 7.11 Å². The Morgan fingerprint density at radius 3 is 2.28 bits per heavy atom. The first-order valence-corrected chi connectivity index (χ1v) is 13.2. The second-order valence-electron chi connectivity index (χ2n) is 10.6. The number of carbonyl (C=O) groups is 2. The van der Waals surface area contributed by atoms with Gasteiger partial charge in [-0.2, -0.15) is 0 Å². The molecule has 3 N–H and O–H groups in total. The Balaban J connectivity index is 1.23. The topological polar surface area (TPSA) is 96.1 Å². The summed E-state index contributed by atoms with van der Waals surface area (Å²) in [4.78, 5) is 33.5. The van der Waals surface area contributed by atoms with Crippen molar-refractivity contribution in [1.82, 2.24) is 9.97 Å². The van der Waals surface area contributed by atoms with Crippen molar-refractivity contribution in [3.05, 3.63) is 42.5 Å². The number of nitrogens with zero attached hydrogens (tertiary/aromatic N) is 1. The van der Waals surface area contributed by atoms with Crippen LogP contribution in [-0.2, 0) is 14.3 Å². The molecule has 2 aromatic carbocycles. The molecule has 4 unspecified atom stereocenters. The molecule has 0 saturated heterocycles. The number of rotatable bonds is 6. The normalized spacial score (nSPS) is 24.4. The number of nitrogens with one attached hydrogen (secondary N) is 3. The van der Waals surface area contributed by atoms with E-state index in [0.717, 1.165) is 78.7 Å². The fraction of sp³-hybridized carbons (Fsp3) is 0.483. The van der Waals surface area contributed by atoms with Crippen LogP contribution in [0.2, 0.25) is 0 Å². The molecule has 3 aromatic rings. The van der Waals surface area contributed by atoms with Gasteiger partial charge in [0.15, 0.2) is 0 Å². The summed E-state index contributed by atoms with van der Waals surface area (Å²) in [5, 5.41) is 6.15. The Morgan fingerprint density at radius 2 is 1.56 bits per heavy atom. The lowest BCUT2D eigenvalue weighted by atomic mass is 9.82. The molecular formula is C29H36N4O3. The van der Waals surface area contributed by atoms with Crippen LogP contribution in [0.4, 0.5) is 11.4 Å². The number of imidazole rings is 1. The van der Waals surface area contributed by atoms with E-state index in [1.807, 2.05) is 42.5 Å². The van der Waals surface area contributed by atoms with Gasteiger partial charge in [0, 0.05) is 35.9 Å². The largest absolute Gasteiger partial charge is 0.381 e. The second-order valence-corrected chi connectivity index (χ2v) is 10.6. The van der Waals surface area contributed by atoms with Crippen LogP contribution >= 0.6 is 0 Å². The average molecular weight is 489 g/mol. The summed E-state index contributed by atoms with van der Waals surface area (Å²) >= 11 is 0. The van der Waals surface area contributed by atoms with Crippen LogP contribution < -0.4 is 10.6 Å². The Labute approximate surface area is 212 Å². The number of amides is 2. The van der Waals surface area contributed by atoms with E-state index in [9.17, 15) is 9.59 Å². The number of methoxy groups -OCH3 is 1. The van der Waals surface area contributed by atoms with Gasteiger partial charge in [0.25, 0.3) is 0 Å². The zero-order valence-corrected chi connectivity index (χ0v) is 21.2. The van der Waals surface area contributed by atoms with Crippen LogP contribution in [0.25, 0.3) is 22.4 Å². The lowest BCUT2D eigenvalue weighted by Crippen LogP contribution is -2.30. The fourth-order valence-electron chi connectivity index (χ4n) is 5.69. The van der Waals surface area contributed by atoms with E-state index in [1.165, 1.54) is 6.42 Å². The third kappa shape index (κ3) is 5.62. The lowest BCUT2D eigenvalue weighted by molar-refractivity contribution is -0.122. The summed E-state index contributed by atoms with van der Waals surface area (Å²) < 4.78 is 5.47. The summed E-state index contributed by atoms with van der Waals surface area (Å²) in [6.07, 6.45) is 8.18. The van der Waals surface area contributed by atoms with E-state index in [-0.39, 0.29) is 29.8 Å². The van der Waals surface area contributed by atoms with Crippen molar-refractivity contribution in [3.8, 4) is 11.4 Å². The third-order valence-electron chi connectivity index (χ3n) is 7.81. The number of H-pyrrole nitrogens is 1. The Kier molecular flexibility index (Phi) is 7.37. The molecule has 36 heavy (non-hydrogen) atoms. The smallest absolute Gasteiger partial charge is 0.227 e. The highest BCUT2D eigenvalue weighted by atomic mass is 16.5. The van der Waals surface area contributed by atoms with Crippen molar-refractivity contribution < 1.29 is 14.3 Å². The molecule has 1 heterocycles. The zero-order valence-electron chi connectivity index (χ0n) is 21.2. The summed E-state index contributed by atoms with van der Waals surface area (Å²) in [5.41, 5.74) is 4.21. The molecule has 0 aliphatic heterocycles. The van der Waals surface area contributed by atoms with Gasteiger partial charge in [0.2, 0.25) is 11.8 Å². The number of carbonyl (C=O) groups excluding carboxylic acids is 2. The average Bonchev–Trinajstić information content (AvgIpc) is 3.32. The minimum Gasteiger partial charge on any atom is -0.381 e. The second kappa shape index (κ2) is 10.8. The molecule has 7 heteroatoms. The summed E-state index contributed by atoms with van der Waals surface area (Å²) in [6.45, 7) is 2.23. The Morgan fingerprint density at radius 1 is 0.889 bits per heavy atom. The standard InChI is InChI=1S/C29H36N4O3/c1-18-5-3-6-20(15-18)28(34)30-22-11-9-19(10-12-22)27-32-25-14-13-23(17-26(25)33-27)31-29(35)21-7-4-8-24(16-21)36-2/h9-14,17-18,20-21,24H,3-8,15-16H2,1-2H3,(H,30,34)(H,31,35)(H,32,33). The van der Waals surface area contributed by atoms with Crippen molar-refractivity contribution in [3.63, 3.8) is 0 Å². The molecular weight excluding hydrogens is 452 g/mol. The first-order chi connectivity index (χ1) is 17.5. The van der Waals surface area contributed by atoms with Crippen LogP contribution in [0.5, 0.6) is 0 Å². The van der Waals surface area contributed by atoms with Gasteiger partial charge in [-0.1, -0.05) is 26.2 Å². The minimum atomic E-state index is -0.0164. The predicted molar refractivity (Wildman–Crippen MR) is 143 cm³/mol. The first kappa shape index (κ1) is 24.5. The highest BCUT2D eigenvalue weighted by Crippen LogP contribution is 2.31. The van der Waals surface area contributed by atoms with Crippen molar-refractivity contribution in [2.75, 3.05) is 17.7 Å². The number of fused-ring (bicyclic) bond motifs is 1. The molecule has 2 fully saturated rings. The van der Waals surface area contributed by atoms with Gasteiger partial charge in [0.1, 0.15) is 5.82 Å². The molecule has 0 spiro atoms. The van der Waals surface area contributed by atoms with Crippen molar-refractivity contribution in [2.24, 2.45) is 17.8 Å². The van der Waals surface area contributed by atoms with E-state index in [0.29, 0.717) is 5.92 Å². The zero-order chi connectivity index (χ0) is 25.1. The van der Waals surface area contributed by atoms with E-state index in [2.05, 4.69) is 22.5 Å². The van der Waals surface area contributed by atoms with Gasteiger partial charge in [-0.05, 0) is 80.5 Å². The van der Waals surface area contributed by atoms with Gasteiger partial charge in [-0.25, -0.2) is 4.98 Å². The maximum absolute atomic E-state index is 12.8. The number of anilines is 2. The van der Waals surface area contributed by atoms with Crippen molar-refractivity contribution in [1.29, 1.82) is 0 Å². The first-order valence-electron chi connectivity index (χ1n) is 13.2. The maximum atomic E-state index is 12.8. The maximum Gasteiger partial charge on any atom is 0.227 e. The SMILES string of the molecule is COC1CCCC(C(=O)Nc2ccc3nc(-c4ccc(NC(=O)C5CCCC(C)C5)cc4)[nH]c3c2)C1. The highest BCUT2D eigenvalue weighted by molar-refractivity contribution is 5.95. The molecule has 5 rings (SSSR count). The Hall–Kier alpha value is -3.19. The summed E-state index contributed by atoms with van der Waals surface area (Å²) in [6, 6.07) is 13.5. The van der Waals surface area contributed by atoms with Gasteiger partial charge < -0.3 is 20.4 Å². The summed E-state index contributed by atoms with van der Waals surface area (Å²) in [7, 11) is 1.72. The van der Waals surface area contributed by atoms with Crippen LogP contribution in [0.15, 0.2) is 42.5 Å². The number of hydrogen-bond acceptors (Lipinski definition) is 4. The van der Waals surface area contributed by atoms with E-state index < -0.39 is 0 Å². The quantitative estimate of drug-likeness (QED) is 0.388. The number of hydrogen-bond donors (Lipinski definition) is 3. The fourth-order valence-corrected chi connectivity index (χ4v) is 5.69. The van der Waals surface area contributed by atoms with Crippen molar-refractivity contribution in [2.45, 2.75) is 64.4 Å². The van der Waals surface area contributed by atoms with Gasteiger partial charge in [-0.3, -0.25) is 9.59 Å². The third-order valence-corrected chi connectivity index (χ3v) is 7.81. The molecule has 0 bridgehead atoms. The minimum absolute atomic E-state index is 0.0164. The van der Waals surface area contributed by atoms with Crippen LogP contribution in [0.3, 0.4) is 0 Å². The molecule has 4 atom stereocenters. The molecule has 190 valence electrons. The van der Waals surface area contributed by atoms with Crippen LogP contribution in [0, 0.1) is 17.8 Å². The highest BCUT2D eigenvalue weighted by Gasteiger charge is 2.27. The molecule has 7 nitrogen and oxygen atoms in total. The molecule has 1 aromatic heterocycles. The molecule has 2 aliphatic carbocycles. The number of aromatic nitrogens is 2. The molecule has 2 saturated carbocycles. The molecule has 0 radical (unpaired) electrons. The van der Waals surface area contributed by atoms with Crippen molar-refractivity contribution >= 4 is 34.2 Å². The number of ether oxygens (including phenoxy) is 1. The predicted octanol–water partition coefficient (Wildman–Crippen LogP) is 6.14. The summed E-state index contributed by atoms with van der Waals surface area (Å²) in [5.74, 6) is 1.64. The number of benzene rings is 2. The van der Waals surface area contributed by atoms with Crippen LogP contribution in [-0.4, -0.2) is 35.0 Å². The van der Waals surface area contributed by atoms with Gasteiger partial charge >= 0.3 is 0 Å². The van der Waals surface area contributed by atoms with E-state index in [4.69, 9.17) is 9.72 Å². The van der Waals surface area contributed by atoms with Gasteiger partial charge in [0.05, 0.1) is 17.1 Å². The van der Waals surface area contributed by atoms with E-state index >= 15 is 0 Å². The number of aromatic amines is 1. The van der Waals surface area contributed by atoms with Crippen LogP contribution in [0.1, 0.15) is 58.3 Å². The van der Waals surface area contributed by atoms with Gasteiger partial charge in [-0.15, -0.1) is 0 Å². The molecule has 2 amide bonds. The Bertz CT molecular complexity index is 1220.